The van der Waals surface area contributed by atoms with Crippen LogP contribution < -0.4 is 17.0 Å². The molecule has 0 saturated heterocycles. The zero-order valence-electron chi connectivity index (χ0n) is 15.1. The van der Waals surface area contributed by atoms with E-state index < -0.39 is 23.0 Å². The molecule has 0 aliphatic rings. The molecule has 0 bridgehead atoms. The molecule has 1 unspecified atom stereocenters. The van der Waals surface area contributed by atoms with Gasteiger partial charge in [-0.1, -0.05) is 12.1 Å². The van der Waals surface area contributed by atoms with E-state index in [1.807, 2.05) is 0 Å². The van der Waals surface area contributed by atoms with Crippen LogP contribution >= 0.6 is 0 Å². The van der Waals surface area contributed by atoms with Gasteiger partial charge in [-0.15, -0.1) is 0 Å². The van der Waals surface area contributed by atoms with Crippen LogP contribution in [0, 0.1) is 0 Å². The summed E-state index contributed by atoms with van der Waals surface area (Å²) in [5.74, 6) is -0.321. The Morgan fingerprint density at radius 3 is 2.52 bits per heavy atom. The van der Waals surface area contributed by atoms with Gasteiger partial charge in [0, 0.05) is 13.5 Å². The van der Waals surface area contributed by atoms with Crippen molar-refractivity contribution in [1.82, 2.24) is 9.13 Å². The lowest BCUT2D eigenvalue weighted by Crippen LogP contribution is -2.44. The average Bonchev–Trinajstić information content (AvgIpc) is 2.51. The highest BCUT2D eigenvalue weighted by Gasteiger charge is 2.18. The number of nitrogens with zero attached hydrogens (tertiary/aromatic N) is 2. The maximum Gasteiger partial charge on any atom is 0.332 e. The second-order valence-corrected chi connectivity index (χ2v) is 7.08. The SMILES string of the molecule is Cn1c(=O)n(C(N)CCCC(=O)OC(C)(C)C)c(=O)c2ccccc21. The number of aromatic nitrogens is 2. The fraction of sp³-hybridized carbons (Fsp3) is 0.500. The molecule has 7 nitrogen and oxygen atoms in total. The Kier molecular flexibility index (Phi) is 5.47. The molecule has 0 aliphatic carbocycles. The Balaban J connectivity index is 2.18. The third-order valence-corrected chi connectivity index (χ3v) is 3.84. The second-order valence-electron chi connectivity index (χ2n) is 7.08. The largest absolute Gasteiger partial charge is 0.460 e. The molecule has 136 valence electrons. The van der Waals surface area contributed by atoms with Crippen molar-refractivity contribution in [3.05, 3.63) is 45.1 Å². The first kappa shape index (κ1) is 18.9. The van der Waals surface area contributed by atoms with Crippen LogP contribution in [0.2, 0.25) is 0 Å². The molecule has 0 saturated carbocycles. The summed E-state index contributed by atoms with van der Waals surface area (Å²) in [5.41, 5.74) is 5.22. The number of esters is 1. The molecule has 25 heavy (non-hydrogen) atoms. The summed E-state index contributed by atoms with van der Waals surface area (Å²) >= 11 is 0. The van der Waals surface area contributed by atoms with Crippen molar-refractivity contribution in [3.63, 3.8) is 0 Å². The number of hydrogen-bond donors (Lipinski definition) is 1. The highest BCUT2D eigenvalue weighted by molar-refractivity contribution is 5.77. The van der Waals surface area contributed by atoms with Crippen LogP contribution in [0.15, 0.2) is 33.9 Å². The van der Waals surface area contributed by atoms with Crippen molar-refractivity contribution in [2.24, 2.45) is 12.8 Å². The van der Waals surface area contributed by atoms with Gasteiger partial charge < -0.3 is 10.5 Å². The number of aryl methyl sites for hydroxylation is 1. The van der Waals surface area contributed by atoms with Gasteiger partial charge in [0.2, 0.25) is 0 Å². The summed E-state index contributed by atoms with van der Waals surface area (Å²) in [6.07, 6.45) is 0.150. The summed E-state index contributed by atoms with van der Waals surface area (Å²) in [4.78, 5) is 36.8. The number of fused-ring (bicyclic) bond motifs is 1. The van der Waals surface area contributed by atoms with Gasteiger partial charge in [0.15, 0.2) is 0 Å². The first-order chi connectivity index (χ1) is 11.6. The van der Waals surface area contributed by atoms with E-state index >= 15 is 0 Å². The minimum atomic E-state index is -0.793. The monoisotopic (exact) mass is 347 g/mol. The normalized spacial score (nSPS) is 13.0. The van der Waals surface area contributed by atoms with E-state index in [-0.39, 0.29) is 12.4 Å². The molecule has 0 amide bonds. The van der Waals surface area contributed by atoms with Gasteiger partial charge in [-0.05, 0) is 45.7 Å². The van der Waals surface area contributed by atoms with Gasteiger partial charge in [-0.2, -0.15) is 0 Å². The van der Waals surface area contributed by atoms with Gasteiger partial charge >= 0.3 is 11.7 Å². The van der Waals surface area contributed by atoms with Crippen LogP contribution in [0.5, 0.6) is 0 Å². The van der Waals surface area contributed by atoms with Gasteiger partial charge in [0.1, 0.15) is 5.60 Å². The minimum absolute atomic E-state index is 0.188. The fourth-order valence-corrected chi connectivity index (χ4v) is 2.70. The molecule has 1 atom stereocenters. The summed E-state index contributed by atoms with van der Waals surface area (Å²) in [6.45, 7) is 5.40. The van der Waals surface area contributed by atoms with Crippen molar-refractivity contribution in [3.8, 4) is 0 Å². The number of carbonyl (C=O) groups is 1. The lowest BCUT2D eigenvalue weighted by atomic mass is 10.1. The van der Waals surface area contributed by atoms with E-state index in [1.165, 1.54) is 4.57 Å². The number of carbonyl (C=O) groups excluding carboxylic acids is 1. The number of ether oxygens (including phenoxy) is 1. The summed E-state index contributed by atoms with van der Waals surface area (Å²) in [6, 6.07) is 6.90. The number of rotatable bonds is 5. The number of para-hydroxylation sites is 1. The Morgan fingerprint density at radius 2 is 1.88 bits per heavy atom. The van der Waals surface area contributed by atoms with Crippen LogP contribution in [0.1, 0.15) is 46.2 Å². The van der Waals surface area contributed by atoms with Gasteiger partial charge in [-0.3, -0.25) is 14.2 Å². The minimum Gasteiger partial charge on any atom is -0.460 e. The third kappa shape index (κ3) is 4.36. The molecule has 7 heteroatoms. The van der Waals surface area contributed by atoms with Gasteiger partial charge in [0.25, 0.3) is 5.56 Å². The molecule has 2 N–H and O–H groups in total. The molecular formula is C18H25N3O4. The van der Waals surface area contributed by atoms with E-state index in [9.17, 15) is 14.4 Å². The lowest BCUT2D eigenvalue weighted by Gasteiger charge is -2.20. The quantitative estimate of drug-likeness (QED) is 0.830. The predicted molar refractivity (Wildman–Crippen MR) is 96.4 cm³/mol. The molecule has 1 aromatic heterocycles. The molecule has 0 spiro atoms. The molecule has 2 aromatic rings. The van der Waals surface area contributed by atoms with Gasteiger partial charge in [-0.25, -0.2) is 9.36 Å². The highest BCUT2D eigenvalue weighted by atomic mass is 16.6. The Morgan fingerprint density at radius 1 is 1.24 bits per heavy atom. The van der Waals surface area contributed by atoms with Crippen molar-refractivity contribution in [2.45, 2.75) is 51.8 Å². The van der Waals surface area contributed by atoms with E-state index in [0.717, 1.165) is 4.57 Å². The van der Waals surface area contributed by atoms with Crippen molar-refractivity contribution >= 4 is 16.9 Å². The van der Waals surface area contributed by atoms with E-state index in [2.05, 4.69) is 0 Å². The van der Waals surface area contributed by atoms with Crippen LogP contribution in [0.3, 0.4) is 0 Å². The first-order valence-electron chi connectivity index (χ1n) is 8.29. The third-order valence-electron chi connectivity index (χ3n) is 3.84. The van der Waals surface area contributed by atoms with E-state index in [4.69, 9.17) is 10.5 Å². The second kappa shape index (κ2) is 7.23. The number of hydrogen-bond acceptors (Lipinski definition) is 5. The van der Waals surface area contributed by atoms with Crippen molar-refractivity contribution in [1.29, 1.82) is 0 Å². The van der Waals surface area contributed by atoms with Crippen LogP contribution in [-0.2, 0) is 16.6 Å². The highest BCUT2D eigenvalue weighted by Crippen LogP contribution is 2.13. The smallest absolute Gasteiger partial charge is 0.332 e. The molecule has 1 aromatic carbocycles. The molecule has 0 fully saturated rings. The standard InChI is InChI=1S/C18H25N3O4/c1-18(2,3)25-15(22)11-7-10-14(19)21-16(23)12-8-5-6-9-13(12)20(4)17(21)24/h5-6,8-9,14H,7,10-11,19H2,1-4H3. The number of nitrogens with two attached hydrogens (primary N) is 1. The summed E-state index contributed by atoms with van der Waals surface area (Å²) in [7, 11) is 1.61. The maximum absolute atomic E-state index is 12.6. The fourth-order valence-electron chi connectivity index (χ4n) is 2.70. The molecular weight excluding hydrogens is 322 g/mol. The van der Waals surface area contributed by atoms with Crippen molar-refractivity contribution < 1.29 is 9.53 Å². The Hall–Kier alpha value is -2.41. The molecule has 1 heterocycles. The van der Waals surface area contributed by atoms with Crippen LogP contribution in [0.25, 0.3) is 10.9 Å². The predicted octanol–water partition coefficient (Wildman–Crippen LogP) is 1.67. The summed E-state index contributed by atoms with van der Waals surface area (Å²) in [5, 5.41) is 0.437. The topological polar surface area (TPSA) is 96.3 Å². The van der Waals surface area contributed by atoms with E-state index in [1.54, 1.807) is 52.1 Å². The van der Waals surface area contributed by atoms with Crippen molar-refractivity contribution in [2.75, 3.05) is 0 Å². The molecule has 0 radical (unpaired) electrons. The average molecular weight is 347 g/mol. The lowest BCUT2D eigenvalue weighted by molar-refractivity contribution is -0.154. The summed E-state index contributed by atoms with van der Waals surface area (Å²) < 4.78 is 7.70. The zero-order chi connectivity index (χ0) is 18.8. The van der Waals surface area contributed by atoms with E-state index in [0.29, 0.717) is 23.7 Å². The molecule has 0 aliphatic heterocycles. The van der Waals surface area contributed by atoms with Gasteiger partial charge in [0.05, 0.1) is 17.1 Å². The maximum atomic E-state index is 12.6. The van der Waals surface area contributed by atoms with Crippen LogP contribution in [0.4, 0.5) is 0 Å². The molecule has 2 rings (SSSR count). The first-order valence-corrected chi connectivity index (χ1v) is 8.29. The Bertz CT molecular complexity index is 890. The Labute approximate surface area is 146 Å². The van der Waals surface area contributed by atoms with Crippen LogP contribution in [-0.4, -0.2) is 20.7 Å². The zero-order valence-corrected chi connectivity index (χ0v) is 15.1. The number of benzene rings is 1.